The number of rotatable bonds is 10. The zero-order valence-corrected chi connectivity index (χ0v) is 19.3. The Hall–Kier alpha value is -2.50. The van der Waals surface area contributed by atoms with Crippen LogP contribution in [0, 0.1) is 6.92 Å². The molecule has 0 fully saturated rings. The van der Waals surface area contributed by atoms with E-state index in [-0.39, 0.29) is 0 Å². The molecule has 0 saturated heterocycles. The Morgan fingerprint density at radius 3 is 2.33 bits per heavy atom. The molecular formula is C25H28BrNO3. The lowest BCUT2D eigenvalue weighted by Crippen LogP contribution is -2.13. The topological polar surface area (TPSA) is 39.7 Å². The van der Waals surface area contributed by atoms with Gasteiger partial charge in [0.15, 0.2) is 11.5 Å². The fourth-order valence-corrected chi connectivity index (χ4v) is 3.60. The molecule has 5 heteroatoms. The van der Waals surface area contributed by atoms with E-state index in [2.05, 4.69) is 58.5 Å². The highest BCUT2D eigenvalue weighted by Crippen LogP contribution is 2.34. The van der Waals surface area contributed by atoms with Gasteiger partial charge < -0.3 is 19.5 Å². The Bertz CT molecular complexity index is 957. The smallest absolute Gasteiger partial charge is 0.162 e. The molecule has 0 aliphatic carbocycles. The Morgan fingerprint density at radius 2 is 1.63 bits per heavy atom. The second-order valence-electron chi connectivity index (χ2n) is 7.05. The molecule has 0 spiro atoms. The van der Waals surface area contributed by atoms with Crippen LogP contribution in [0.1, 0.15) is 29.2 Å². The SMILES string of the molecule is CCOc1cc(CNCc2ccc(OC)cc2)c(Br)cc1OCc1cccc(C)c1. The number of benzene rings is 3. The minimum Gasteiger partial charge on any atom is -0.497 e. The van der Waals surface area contributed by atoms with Crippen molar-refractivity contribution in [1.82, 2.24) is 5.32 Å². The zero-order valence-electron chi connectivity index (χ0n) is 17.7. The summed E-state index contributed by atoms with van der Waals surface area (Å²) in [5.74, 6) is 2.36. The summed E-state index contributed by atoms with van der Waals surface area (Å²) in [6.07, 6.45) is 0. The molecule has 0 aliphatic heterocycles. The van der Waals surface area contributed by atoms with Crippen LogP contribution in [-0.2, 0) is 19.7 Å². The van der Waals surface area contributed by atoms with Crippen LogP contribution in [-0.4, -0.2) is 13.7 Å². The second-order valence-corrected chi connectivity index (χ2v) is 7.91. The summed E-state index contributed by atoms with van der Waals surface area (Å²) in [5.41, 5.74) is 4.68. The van der Waals surface area contributed by atoms with Crippen LogP contribution in [0.3, 0.4) is 0 Å². The molecule has 4 nitrogen and oxygen atoms in total. The molecule has 0 aliphatic rings. The quantitative estimate of drug-likeness (QED) is 0.393. The van der Waals surface area contributed by atoms with E-state index in [1.165, 1.54) is 11.1 Å². The number of hydrogen-bond donors (Lipinski definition) is 1. The van der Waals surface area contributed by atoms with Gasteiger partial charge in [-0.15, -0.1) is 0 Å². The van der Waals surface area contributed by atoms with E-state index in [1.54, 1.807) is 7.11 Å². The maximum Gasteiger partial charge on any atom is 0.162 e. The summed E-state index contributed by atoms with van der Waals surface area (Å²) in [6, 6.07) is 20.4. The summed E-state index contributed by atoms with van der Waals surface area (Å²) in [5, 5.41) is 3.48. The van der Waals surface area contributed by atoms with E-state index in [4.69, 9.17) is 14.2 Å². The third-order valence-electron chi connectivity index (χ3n) is 4.69. The molecule has 3 aromatic rings. The van der Waals surface area contributed by atoms with E-state index in [9.17, 15) is 0 Å². The fraction of sp³-hybridized carbons (Fsp3) is 0.280. The summed E-state index contributed by atoms with van der Waals surface area (Å²) in [6.45, 7) is 6.63. The Labute approximate surface area is 187 Å². The highest BCUT2D eigenvalue weighted by Gasteiger charge is 2.11. The van der Waals surface area contributed by atoms with Crippen LogP contribution in [0.2, 0.25) is 0 Å². The highest BCUT2D eigenvalue weighted by molar-refractivity contribution is 9.10. The van der Waals surface area contributed by atoms with Gasteiger partial charge in [-0.3, -0.25) is 0 Å². The lowest BCUT2D eigenvalue weighted by Gasteiger charge is -2.16. The minimum absolute atomic E-state index is 0.503. The molecule has 158 valence electrons. The lowest BCUT2D eigenvalue weighted by molar-refractivity contribution is 0.268. The molecule has 3 aromatic carbocycles. The Kier molecular flexibility index (Phi) is 8.17. The molecule has 3 rings (SSSR count). The summed E-state index contributed by atoms with van der Waals surface area (Å²) >= 11 is 3.68. The number of nitrogens with one attached hydrogen (secondary N) is 1. The van der Waals surface area contributed by atoms with Crippen molar-refractivity contribution >= 4 is 15.9 Å². The molecule has 30 heavy (non-hydrogen) atoms. The van der Waals surface area contributed by atoms with E-state index >= 15 is 0 Å². The Morgan fingerprint density at radius 1 is 0.867 bits per heavy atom. The van der Waals surface area contributed by atoms with Crippen molar-refractivity contribution in [2.45, 2.75) is 33.5 Å². The number of hydrogen-bond acceptors (Lipinski definition) is 4. The first-order valence-corrected chi connectivity index (χ1v) is 10.9. The van der Waals surface area contributed by atoms with Gasteiger partial charge in [-0.1, -0.05) is 57.9 Å². The van der Waals surface area contributed by atoms with Crippen molar-refractivity contribution < 1.29 is 14.2 Å². The normalized spacial score (nSPS) is 10.7. The van der Waals surface area contributed by atoms with Crippen LogP contribution in [0.15, 0.2) is 65.1 Å². The van der Waals surface area contributed by atoms with Crippen molar-refractivity contribution in [3.63, 3.8) is 0 Å². The van der Waals surface area contributed by atoms with Gasteiger partial charge in [0.05, 0.1) is 13.7 Å². The standard InChI is InChI=1S/C25H28BrNO3/c1-4-29-24-13-21(16-27-15-19-8-10-22(28-3)11-9-19)23(26)14-25(24)30-17-20-7-5-6-18(2)12-20/h5-14,27H,4,15-17H2,1-3H3. The molecule has 0 aromatic heterocycles. The number of methoxy groups -OCH3 is 1. The van der Waals surface area contributed by atoms with Crippen LogP contribution >= 0.6 is 15.9 Å². The fourth-order valence-electron chi connectivity index (χ4n) is 3.14. The van der Waals surface area contributed by atoms with Gasteiger partial charge in [0.2, 0.25) is 0 Å². The second kappa shape index (κ2) is 11.0. The summed E-state index contributed by atoms with van der Waals surface area (Å²) in [7, 11) is 1.68. The first-order valence-electron chi connectivity index (χ1n) is 10.1. The minimum atomic E-state index is 0.503. The van der Waals surface area contributed by atoms with E-state index < -0.39 is 0 Å². The average Bonchev–Trinajstić information content (AvgIpc) is 2.75. The predicted molar refractivity (Wildman–Crippen MR) is 124 cm³/mol. The maximum atomic E-state index is 6.07. The van der Waals surface area contributed by atoms with Crippen LogP contribution < -0.4 is 19.5 Å². The average molecular weight is 470 g/mol. The van der Waals surface area contributed by atoms with Crippen molar-refractivity contribution in [3.8, 4) is 17.2 Å². The lowest BCUT2D eigenvalue weighted by atomic mass is 10.1. The Balaban J connectivity index is 1.65. The van der Waals surface area contributed by atoms with E-state index in [0.717, 1.165) is 39.4 Å². The number of ether oxygens (including phenoxy) is 3. The third-order valence-corrected chi connectivity index (χ3v) is 5.43. The first-order chi connectivity index (χ1) is 14.6. The van der Waals surface area contributed by atoms with Crippen LogP contribution in [0.25, 0.3) is 0 Å². The van der Waals surface area contributed by atoms with Crippen molar-refractivity contribution in [3.05, 3.63) is 87.4 Å². The molecule has 1 N–H and O–H groups in total. The van der Waals surface area contributed by atoms with Gasteiger partial charge in [0.25, 0.3) is 0 Å². The van der Waals surface area contributed by atoms with Crippen molar-refractivity contribution in [1.29, 1.82) is 0 Å². The monoisotopic (exact) mass is 469 g/mol. The van der Waals surface area contributed by atoms with Gasteiger partial charge >= 0.3 is 0 Å². The van der Waals surface area contributed by atoms with E-state index in [1.807, 2.05) is 37.3 Å². The van der Waals surface area contributed by atoms with Gasteiger partial charge in [-0.2, -0.15) is 0 Å². The molecule has 0 amide bonds. The van der Waals surface area contributed by atoms with E-state index in [0.29, 0.717) is 19.8 Å². The van der Waals surface area contributed by atoms with Crippen molar-refractivity contribution in [2.24, 2.45) is 0 Å². The van der Waals surface area contributed by atoms with Gasteiger partial charge in [-0.05, 0) is 54.8 Å². The summed E-state index contributed by atoms with van der Waals surface area (Å²) < 4.78 is 18.1. The number of aryl methyl sites for hydroxylation is 1. The third kappa shape index (κ3) is 6.25. The highest BCUT2D eigenvalue weighted by atomic mass is 79.9. The molecule has 0 radical (unpaired) electrons. The largest absolute Gasteiger partial charge is 0.497 e. The summed E-state index contributed by atoms with van der Waals surface area (Å²) in [4.78, 5) is 0. The molecule has 0 bridgehead atoms. The zero-order chi connectivity index (χ0) is 21.3. The maximum absolute atomic E-state index is 6.07. The van der Waals surface area contributed by atoms with Gasteiger partial charge in [0, 0.05) is 17.6 Å². The van der Waals surface area contributed by atoms with Gasteiger partial charge in [-0.25, -0.2) is 0 Å². The molecule has 0 heterocycles. The first kappa shape index (κ1) is 22.2. The predicted octanol–water partition coefficient (Wildman–Crippen LogP) is 6.03. The molecular weight excluding hydrogens is 442 g/mol. The number of halogens is 1. The van der Waals surface area contributed by atoms with Crippen LogP contribution in [0.4, 0.5) is 0 Å². The van der Waals surface area contributed by atoms with Crippen molar-refractivity contribution in [2.75, 3.05) is 13.7 Å². The molecule has 0 saturated carbocycles. The molecule has 0 unspecified atom stereocenters. The molecule has 0 atom stereocenters. The van der Waals surface area contributed by atoms with Crippen LogP contribution in [0.5, 0.6) is 17.2 Å². The van der Waals surface area contributed by atoms with Gasteiger partial charge in [0.1, 0.15) is 12.4 Å².